The lowest BCUT2D eigenvalue weighted by Crippen LogP contribution is -2.31. The van der Waals surface area contributed by atoms with Gasteiger partial charge >= 0.3 is 0 Å². The second-order valence-electron chi connectivity index (χ2n) is 4.78. The van der Waals surface area contributed by atoms with Gasteiger partial charge in [0, 0.05) is 31.6 Å². The highest BCUT2D eigenvalue weighted by Gasteiger charge is 2.07. The van der Waals surface area contributed by atoms with Gasteiger partial charge in [0.25, 0.3) is 5.91 Å². The van der Waals surface area contributed by atoms with E-state index >= 15 is 0 Å². The van der Waals surface area contributed by atoms with Gasteiger partial charge in [-0.1, -0.05) is 0 Å². The number of benzene rings is 1. The van der Waals surface area contributed by atoms with Crippen molar-refractivity contribution >= 4 is 23.2 Å². The van der Waals surface area contributed by atoms with Crippen molar-refractivity contribution in [3.05, 3.63) is 23.8 Å². The third-order valence-electron chi connectivity index (χ3n) is 2.66. The van der Waals surface area contributed by atoms with Crippen LogP contribution in [0.3, 0.4) is 0 Å². The molecular formula is C14H22N4O2. The summed E-state index contributed by atoms with van der Waals surface area (Å²) in [6.45, 7) is 4.28. The minimum Gasteiger partial charge on any atom is -0.397 e. The van der Waals surface area contributed by atoms with Crippen molar-refractivity contribution in [3.8, 4) is 0 Å². The summed E-state index contributed by atoms with van der Waals surface area (Å²) in [7, 11) is 1.57. The number of anilines is 2. The van der Waals surface area contributed by atoms with Crippen LogP contribution in [0.5, 0.6) is 0 Å². The summed E-state index contributed by atoms with van der Waals surface area (Å²) in [6, 6.07) is 5.13. The lowest BCUT2D eigenvalue weighted by atomic mass is 10.1. The Kier molecular flexibility index (Phi) is 5.83. The third kappa shape index (κ3) is 4.79. The molecule has 1 aromatic carbocycles. The summed E-state index contributed by atoms with van der Waals surface area (Å²) in [4.78, 5) is 23.0. The predicted molar refractivity (Wildman–Crippen MR) is 80.6 cm³/mol. The van der Waals surface area contributed by atoms with E-state index in [0.717, 1.165) is 0 Å². The van der Waals surface area contributed by atoms with E-state index in [-0.39, 0.29) is 17.9 Å². The number of nitrogens with two attached hydrogens (primary N) is 1. The van der Waals surface area contributed by atoms with Crippen LogP contribution in [0.15, 0.2) is 18.2 Å². The van der Waals surface area contributed by atoms with Crippen molar-refractivity contribution in [1.82, 2.24) is 10.6 Å². The zero-order valence-electron chi connectivity index (χ0n) is 12.1. The summed E-state index contributed by atoms with van der Waals surface area (Å²) in [5, 5.41) is 8.43. The molecule has 2 amide bonds. The first-order valence-corrected chi connectivity index (χ1v) is 6.59. The summed E-state index contributed by atoms with van der Waals surface area (Å²) < 4.78 is 0. The number of nitrogen functional groups attached to an aromatic ring is 1. The first kappa shape index (κ1) is 15.8. The van der Waals surface area contributed by atoms with Gasteiger partial charge in [0.2, 0.25) is 5.91 Å². The van der Waals surface area contributed by atoms with Gasteiger partial charge in [-0.05, 0) is 32.0 Å². The smallest absolute Gasteiger partial charge is 0.251 e. The van der Waals surface area contributed by atoms with Crippen LogP contribution in [-0.2, 0) is 4.79 Å². The SMILES string of the molecule is CNC(=O)c1ccc(N)c(NCCC(=O)NC(C)C)c1. The van der Waals surface area contributed by atoms with Gasteiger partial charge in [-0.25, -0.2) is 0 Å². The zero-order chi connectivity index (χ0) is 15.1. The average molecular weight is 278 g/mol. The van der Waals surface area contributed by atoms with E-state index in [4.69, 9.17) is 5.73 Å². The topological polar surface area (TPSA) is 96.2 Å². The molecule has 20 heavy (non-hydrogen) atoms. The maximum Gasteiger partial charge on any atom is 0.251 e. The number of nitrogens with one attached hydrogen (secondary N) is 3. The molecule has 0 aliphatic carbocycles. The Hall–Kier alpha value is -2.24. The van der Waals surface area contributed by atoms with Crippen LogP contribution in [-0.4, -0.2) is 31.4 Å². The maximum absolute atomic E-state index is 11.5. The summed E-state index contributed by atoms with van der Waals surface area (Å²) >= 11 is 0. The molecule has 5 N–H and O–H groups in total. The second-order valence-corrected chi connectivity index (χ2v) is 4.78. The second kappa shape index (κ2) is 7.37. The van der Waals surface area contributed by atoms with Crippen LogP contribution in [0.4, 0.5) is 11.4 Å². The molecule has 0 bridgehead atoms. The fourth-order valence-electron chi connectivity index (χ4n) is 1.70. The van der Waals surface area contributed by atoms with E-state index < -0.39 is 0 Å². The molecule has 6 heteroatoms. The predicted octanol–water partition coefficient (Wildman–Crippen LogP) is 0.955. The molecule has 0 atom stereocenters. The Bertz CT molecular complexity index is 486. The van der Waals surface area contributed by atoms with Crippen LogP contribution in [0.25, 0.3) is 0 Å². The molecule has 0 fully saturated rings. The average Bonchev–Trinajstić information content (AvgIpc) is 2.39. The Labute approximate surface area is 119 Å². The molecule has 0 aliphatic heterocycles. The van der Waals surface area contributed by atoms with Crippen LogP contribution in [0.1, 0.15) is 30.6 Å². The van der Waals surface area contributed by atoms with E-state index in [1.165, 1.54) is 0 Å². The molecule has 0 aliphatic rings. The Morgan fingerprint density at radius 1 is 1.30 bits per heavy atom. The van der Waals surface area contributed by atoms with Crippen molar-refractivity contribution in [3.63, 3.8) is 0 Å². The molecular weight excluding hydrogens is 256 g/mol. The molecule has 0 heterocycles. The molecule has 0 spiro atoms. The van der Waals surface area contributed by atoms with Crippen molar-refractivity contribution in [2.45, 2.75) is 26.3 Å². The normalized spacial score (nSPS) is 10.2. The fourth-order valence-corrected chi connectivity index (χ4v) is 1.70. The zero-order valence-corrected chi connectivity index (χ0v) is 12.1. The Balaban J connectivity index is 2.59. The Morgan fingerprint density at radius 3 is 2.60 bits per heavy atom. The van der Waals surface area contributed by atoms with Gasteiger partial charge in [-0.2, -0.15) is 0 Å². The first-order valence-electron chi connectivity index (χ1n) is 6.59. The van der Waals surface area contributed by atoms with Gasteiger partial charge in [-0.3, -0.25) is 9.59 Å². The molecule has 1 rings (SSSR count). The number of hydrogen-bond acceptors (Lipinski definition) is 4. The largest absolute Gasteiger partial charge is 0.397 e. The molecule has 110 valence electrons. The van der Waals surface area contributed by atoms with E-state index in [1.807, 2.05) is 13.8 Å². The number of carbonyl (C=O) groups is 2. The molecule has 0 saturated heterocycles. The van der Waals surface area contributed by atoms with Gasteiger partial charge in [-0.15, -0.1) is 0 Å². The fraction of sp³-hybridized carbons (Fsp3) is 0.429. The lowest BCUT2D eigenvalue weighted by Gasteiger charge is -2.12. The van der Waals surface area contributed by atoms with Crippen LogP contribution >= 0.6 is 0 Å². The standard InChI is InChI=1S/C14H22N4O2/c1-9(2)18-13(19)6-7-17-12-8-10(14(20)16-3)4-5-11(12)15/h4-5,8-9,17H,6-7,15H2,1-3H3,(H,16,20)(H,18,19). The van der Waals surface area contributed by atoms with Crippen LogP contribution in [0.2, 0.25) is 0 Å². The number of amides is 2. The number of carbonyl (C=O) groups excluding carboxylic acids is 2. The molecule has 6 nitrogen and oxygen atoms in total. The quantitative estimate of drug-likeness (QED) is 0.583. The highest BCUT2D eigenvalue weighted by Crippen LogP contribution is 2.19. The highest BCUT2D eigenvalue weighted by molar-refractivity contribution is 5.96. The molecule has 0 saturated carbocycles. The van der Waals surface area contributed by atoms with Gasteiger partial charge in [0.1, 0.15) is 0 Å². The summed E-state index contributed by atoms with van der Waals surface area (Å²) in [5.74, 6) is -0.195. The third-order valence-corrected chi connectivity index (χ3v) is 2.66. The van der Waals surface area contributed by atoms with Crippen molar-refractivity contribution < 1.29 is 9.59 Å². The van der Waals surface area contributed by atoms with E-state index in [9.17, 15) is 9.59 Å². The lowest BCUT2D eigenvalue weighted by molar-refractivity contribution is -0.121. The first-order chi connectivity index (χ1) is 9.43. The van der Waals surface area contributed by atoms with Crippen molar-refractivity contribution in [1.29, 1.82) is 0 Å². The minimum absolute atomic E-state index is 0.0199. The summed E-state index contributed by atoms with van der Waals surface area (Å²) in [6.07, 6.45) is 0.349. The molecule has 0 unspecified atom stereocenters. The van der Waals surface area contributed by atoms with E-state index in [0.29, 0.717) is 29.9 Å². The minimum atomic E-state index is -0.175. The van der Waals surface area contributed by atoms with Crippen LogP contribution in [0, 0.1) is 0 Å². The van der Waals surface area contributed by atoms with Crippen molar-refractivity contribution in [2.24, 2.45) is 0 Å². The summed E-state index contributed by atoms with van der Waals surface area (Å²) in [5.41, 5.74) is 7.56. The van der Waals surface area contributed by atoms with Crippen molar-refractivity contribution in [2.75, 3.05) is 24.6 Å². The van der Waals surface area contributed by atoms with Gasteiger partial charge < -0.3 is 21.7 Å². The van der Waals surface area contributed by atoms with Gasteiger partial charge in [0.05, 0.1) is 11.4 Å². The van der Waals surface area contributed by atoms with Crippen LogP contribution < -0.4 is 21.7 Å². The molecule has 0 radical (unpaired) electrons. The van der Waals surface area contributed by atoms with E-state index in [2.05, 4.69) is 16.0 Å². The van der Waals surface area contributed by atoms with Gasteiger partial charge in [0.15, 0.2) is 0 Å². The highest BCUT2D eigenvalue weighted by atomic mass is 16.2. The number of hydrogen-bond donors (Lipinski definition) is 4. The molecule has 0 aromatic heterocycles. The van der Waals surface area contributed by atoms with E-state index in [1.54, 1.807) is 25.2 Å². The Morgan fingerprint density at radius 2 is 2.00 bits per heavy atom. The molecule has 1 aromatic rings. The monoisotopic (exact) mass is 278 g/mol. The number of rotatable bonds is 6. The maximum atomic E-state index is 11.5.